The van der Waals surface area contributed by atoms with Gasteiger partial charge >= 0.3 is 5.69 Å². The molecule has 0 spiro atoms. The fourth-order valence-corrected chi connectivity index (χ4v) is 2.37. The topological polar surface area (TPSA) is 119 Å². The molecule has 0 aliphatic carbocycles. The van der Waals surface area contributed by atoms with Crippen LogP contribution in [0.5, 0.6) is 0 Å². The van der Waals surface area contributed by atoms with Crippen molar-refractivity contribution in [2.45, 2.75) is 34.2 Å². The van der Waals surface area contributed by atoms with Crippen molar-refractivity contribution in [3.05, 3.63) is 45.8 Å². The van der Waals surface area contributed by atoms with Gasteiger partial charge in [0.15, 0.2) is 0 Å². The quantitative estimate of drug-likeness (QED) is 0.607. The molecule has 0 bridgehead atoms. The molecule has 9 heteroatoms. The highest BCUT2D eigenvalue weighted by atomic mass is 16.6. The molecule has 2 aromatic rings. The molecular weight excluding hydrogens is 338 g/mol. The third-order valence-corrected chi connectivity index (χ3v) is 3.78. The first-order chi connectivity index (χ1) is 12.2. The van der Waals surface area contributed by atoms with Crippen molar-refractivity contribution in [3.8, 4) is 0 Å². The van der Waals surface area contributed by atoms with Crippen molar-refractivity contribution in [3.63, 3.8) is 0 Å². The first kappa shape index (κ1) is 19.1. The number of aryl methyl sites for hydroxylation is 1. The Hall–Kier alpha value is -3.23. The molecule has 0 aliphatic heterocycles. The average molecular weight is 359 g/mol. The zero-order valence-corrected chi connectivity index (χ0v) is 15.1. The normalized spacial score (nSPS) is 10.7. The molecule has 2 amide bonds. The lowest BCUT2D eigenvalue weighted by Gasteiger charge is -2.09. The van der Waals surface area contributed by atoms with Gasteiger partial charge in [0.25, 0.3) is 0 Å². The minimum atomic E-state index is -0.504. The van der Waals surface area contributed by atoms with Crippen molar-refractivity contribution in [2.24, 2.45) is 5.92 Å². The Morgan fingerprint density at radius 1 is 1.15 bits per heavy atom. The summed E-state index contributed by atoms with van der Waals surface area (Å²) in [5.74, 6) is -0.573. The highest BCUT2D eigenvalue weighted by Gasteiger charge is 2.22. The number of nitrogens with one attached hydrogen (secondary N) is 2. The van der Waals surface area contributed by atoms with Gasteiger partial charge < -0.3 is 10.6 Å². The molecule has 0 radical (unpaired) electrons. The zero-order valence-electron chi connectivity index (χ0n) is 15.1. The van der Waals surface area contributed by atoms with Crippen LogP contribution in [0.4, 0.5) is 17.1 Å². The maximum atomic E-state index is 12.2. The number of amides is 2. The van der Waals surface area contributed by atoms with Crippen LogP contribution in [0.15, 0.2) is 24.3 Å². The Morgan fingerprint density at radius 3 is 2.15 bits per heavy atom. The number of hydrogen-bond acceptors (Lipinski definition) is 5. The summed E-state index contributed by atoms with van der Waals surface area (Å²) in [5, 5.41) is 20.5. The van der Waals surface area contributed by atoms with E-state index in [0.29, 0.717) is 17.1 Å². The number of rotatable bonds is 6. The van der Waals surface area contributed by atoms with E-state index in [1.165, 1.54) is 11.6 Å². The molecule has 2 N–H and O–H groups in total. The number of nitro groups is 1. The van der Waals surface area contributed by atoms with Gasteiger partial charge in [-0.15, -0.1) is 0 Å². The molecule has 2 rings (SSSR count). The van der Waals surface area contributed by atoms with Gasteiger partial charge in [-0.1, -0.05) is 13.8 Å². The molecule has 0 atom stereocenters. The lowest BCUT2D eigenvalue weighted by atomic mass is 10.2. The lowest BCUT2D eigenvalue weighted by Crippen LogP contribution is -2.20. The number of hydrogen-bond donors (Lipinski definition) is 2. The summed E-state index contributed by atoms with van der Waals surface area (Å²) >= 11 is 0. The van der Waals surface area contributed by atoms with Crippen molar-refractivity contribution in [1.29, 1.82) is 0 Å². The van der Waals surface area contributed by atoms with Gasteiger partial charge in [-0.3, -0.25) is 24.4 Å². The molecule has 1 heterocycles. The van der Waals surface area contributed by atoms with E-state index in [-0.39, 0.29) is 35.7 Å². The fraction of sp³-hybridized carbons (Fsp3) is 0.353. The summed E-state index contributed by atoms with van der Waals surface area (Å²) in [6.07, 6.45) is 0. The Morgan fingerprint density at radius 2 is 1.69 bits per heavy atom. The Balaban J connectivity index is 2.01. The smallest absolute Gasteiger partial charge is 0.312 e. The second-order valence-electron chi connectivity index (χ2n) is 6.20. The molecular formula is C17H21N5O4. The number of aromatic nitrogens is 2. The second kappa shape index (κ2) is 7.77. The predicted octanol–water partition coefficient (Wildman–Crippen LogP) is 2.64. The molecule has 0 fully saturated rings. The van der Waals surface area contributed by atoms with Gasteiger partial charge in [0.05, 0.1) is 4.92 Å². The van der Waals surface area contributed by atoms with Gasteiger partial charge in [0.2, 0.25) is 11.8 Å². The first-order valence-electron chi connectivity index (χ1n) is 8.08. The summed E-state index contributed by atoms with van der Waals surface area (Å²) in [5.41, 5.74) is 1.70. The highest BCUT2D eigenvalue weighted by molar-refractivity contribution is 5.93. The maximum Gasteiger partial charge on any atom is 0.312 e. The number of carbonyl (C=O) groups is 2. The predicted molar refractivity (Wildman–Crippen MR) is 96.9 cm³/mol. The average Bonchev–Trinajstić information content (AvgIpc) is 2.82. The summed E-state index contributed by atoms with van der Waals surface area (Å²) in [6, 6.07) is 6.70. The zero-order chi connectivity index (χ0) is 19.4. The third-order valence-electron chi connectivity index (χ3n) is 3.78. The number of benzene rings is 1. The van der Waals surface area contributed by atoms with Gasteiger partial charge in [-0.05, 0) is 38.1 Å². The van der Waals surface area contributed by atoms with E-state index in [1.807, 2.05) is 0 Å². The van der Waals surface area contributed by atoms with Crippen LogP contribution in [0.1, 0.15) is 25.2 Å². The number of carbonyl (C=O) groups excluding carboxylic acids is 2. The van der Waals surface area contributed by atoms with Crippen molar-refractivity contribution in [1.82, 2.24) is 9.78 Å². The van der Waals surface area contributed by atoms with Gasteiger partial charge in [-0.2, -0.15) is 5.10 Å². The first-order valence-corrected chi connectivity index (χ1v) is 8.08. The lowest BCUT2D eigenvalue weighted by molar-refractivity contribution is -0.386. The second-order valence-corrected chi connectivity index (χ2v) is 6.20. The molecule has 9 nitrogen and oxygen atoms in total. The Bertz CT molecular complexity index is 840. The van der Waals surface area contributed by atoms with Gasteiger partial charge in [0.1, 0.15) is 17.9 Å². The largest absolute Gasteiger partial charge is 0.326 e. The van der Waals surface area contributed by atoms with Crippen LogP contribution in [0.3, 0.4) is 0 Å². The molecule has 138 valence electrons. The fourth-order valence-electron chi connectivity index (χ4n) is 2.37. The Labute approximate surface area is 150 Å². The van der Waals surface area contributed by atoms with E-state index >= 15 is 0 Å². The van der Waals surface area contributed by atoms with Crippen molar-refractivity contribution >= 4 is 28.9 Å². The third kappa shape index (κ3) is 4.44. The molecule has 0 saturated heterocycles. The summed E-state index contributed by atoms with van der Waals surface area (Å²) < 4.78 is 1.31. The van der Waals surface area contributed by atoms with E-state index in [2.05, 4.69) is 15.7 Å². The maximum absolute atomic E-state index is 12.2. The molecule has 1 aromatic heterocycles. The molecule has 0 saturated carbocycles. The molecule has 26 heavy (non-hydrogen) atoms. The Kier molecular flexibility index (Phi) is 5.71. The number of nitrogens with zero attached hydrogens (tertiary/aromatic N) is 3. The van der Waals surface area contributed by atoms with E-state index in [1.54, 1.807) is 45.0 Å². The molecule has 0 aliphatic rings. The van der Waals surface area contributed by atoms with Crippen LogP contribution in [0, 0.1) is 29.9 Å². The van der Waals surface area contributed by atoms with Crippen molar-refractivity contribution in [2.75, 3.05) is 10.6 Å². The molecule has 0 unspecified atom stereocenters. The van der Waals surface area contributed by atoms with Crippen LogP contribution < -0.4 is 10.6 Å². The van der Waals surface area contributed by atoms with E-state index < -0.39 is 4.92 Å². The molecule has 1 aromatic carbocycles. The van der Waals surface area contributed by atoms with Crippen LogP contribution in [0.2, 0.25) is 0 Å². The van der Waals surface area contributed by atoms with Crippen LogP contribution in [-0.4, -0.2) is 26.5 Å². The van der Waals surface area contributed by atoms with Gasteiger partial charge in [0, 0.05) is 17.3 Å². The summed E-state index contributed by atoms with van der Waals surface area (Å²) in [7, 11) is 0. The van der Waals surface area contributed by atoms with E-state index in [4.69, 9.17) is 0 Å². The van der Waals surface area contributed by atoms with Gasteiger partial charge in [-0.25, -0.2) is 0 Å². The van der Waals surface area contributed by atoms with Crippen LogP contribution >= 0.6 is 0 Å². The summed E-state index contributed by atoms with van der Waals surface area (Å²) in [4.78, 5) is 34.3. The van der Waals surface area contributed by atoms with Crippen molar-refractivity contribution < 1.29 is 14.5 Å². The minimum Gasteiger partial charge on any atom is -0.326 e. The van der Waals surface area contributed by atoms with Crippen LogP contribution in [0.25, 0.3) is 0 Å². The summed E-state index contributed by atoms with van der Waals surface area (Å²) in [6.45, 7) is 6.55. The standard InChI is InChI=1S/C17H21N5O4/c1-10(2)17(24)19-14-7-5-13(6-8-14)18-15(23)9-21-12(4)16(22(25)26)11(3)20-21/h5-8,10H,9H2,1-4H3,(H,18,23)(H,19,24). The number of anilines is 2. The monoisotopic (exact) mass is 359 g/mol. The SMILES string of the molecule is Cc1nn(CC(=O)Nc2ccc(NC(=O)C(C)C)cc2)c(C)c1[N+](=O)[O-]. The highest BCUT2D eigenvalue weighted by Crippen LogP contribution is 2.22. The minimum absolute atomic E-state index is 0.0805. The van der Waals surface area contributed by atoms with E-state index in [9.17, 15) is 19.7 Å². The van der Waals surface area contributed by atoms with E-state index in [0.717, 1.165) is 0 Å². The van der Waals surface area contributed by atoms with Crippen LogP contribution in [-0.2, 0) is 16.1 Å².